The summed E-state index contributed by atoms with van der Waals surface area (Å²) in [6.45, 7) is 7.53. The molecule has 0 radical (unpaired) electrons. The normalized spacial score (nSPS) is 12.6. The van der Waals surface area contributed by atoms with Crippen LogP contribution in [0.15, 0.2) is 29.2 Å². The average molecular weight is 300 g/mol. The summed E-state index contributed by atoms with van der Waals surface area (Å²) in [4.78, 5) is 0.268. The first-order chi connectivity index (χ1) is 9.30. The van der Waals surface area contributed by atoms with Crippen molar-refractivity contribution in [3.05, 3.63) is 29.8 Å². The van der Waals surface area contributed by atoms with Gasteiger partial charge in [-0.3, -0.25) is 0 Å². The van der Waals surface area contributed by atoms with Gasteiger partial charge in [0, 0.05) is 20.2 Å². The van der Waals surface area contributed by atoms with Gasteiger partial charge in [-0.2, -0.15) is 0 Å². The van der Waals surface area contributed by atoms with Gasteiger partial charge in [0.1, 0.15) is 0 Å². The van der Waals surface area contributed by atoms with E-state index in [-0.39, 0.29) is 11.4 Å². The molecule has 114 valence electrons. The average Bonchev–Trinajstić information content (AvgIpc) is 2.44. The van der Waals surface area contributed by atoms with Gasteiger partial charge in [-0.25, -0.2) is 13.1 Å². The van der Waals surface area contributed by atoms with Gasteiger partial charge < -0.3 is 10.1 Å². The molecule has 0 atom stereocenters. The Morgan fingerprint density at radius 3 is 2.30 bits per heavy atom. The standard InChI is InChI=1S/C14H24N2O3S/c1-5-15-10-12-6-8-13(9-7-12)20(17,18)16-11-14(2,3)19-4/h6-9,15-16H,5,10-11H2,1-4H3. The highest BCUT2D eigenvalue weighted by Gasteiger charge is 2.21. The first-order valence-electron chi connectivity index (χ1n) is 6.65. The second kappa shape index (κ2) is 7.17. The first-order valence-corrected chi connectivity index (χ1v) is 8.13. The highest BCUT2D eigenvalue weighted by molar-refractivity contribution is 7.89. The second-order valence-corrected chi connectivity index (χ2v) is 6.98. The zero-order valence-corrected chi connectivity index (χ0v) is 13.4. The third-order valence-corrected chi connectivity index (χ3v) is 4.47. The number of ether oxygens (including phenoxy) is 1. The first kappa shape index (κ1) is 17.1. The van der Waals surface area contributed by atoms with E-state index >= 15 is 0 Å². The Kier molecular flexibility index (Phi) is 6.13. The molecule has 1 aromatic rings. The predicted molar refractivity (Wildman–Crippen MR) is 80.1 cm³/mol. The van der Waals surface area contributed by atoms with Gasteiger partial charge in [0.15, 0.2) is 0 Å². The maximum Gasteiger partial charge on any atom is 0.240 e. The molecular formula is C14H24N2O3S. The Balaban J connectivity index is 2.73. The van der Waals surface area contributed by atoms with Crippen molar-refractivity contribution in [1.82, 2.24) is 10.0 Å². The number of benzene rings is 1. The molecule has 0 saturated carbocycles. The predicted octanol–water partition coefficient (Wildman–Crippen LogP) is 1.50. The topological polar surface area (TPSA) is 67.4 Å². The van der Waals surface area contributed by atoms with E-state index in [1.165, 1.54) is 0 Å². The molecule has 0 heterocycles. The van der Waals surface area contributed by atoms with Crippen LogP contribution < -0.4 is 10.0 Å². The SMILES string of the molecule is CCNCc1ccc(S(=O)(=O)NCC(C)(C)OC)cc1. The van der Waals surface area contributed by atoms with Crippen molar-refractivity contribution in [1.29, 1.82) is 0 Å². The van der Waals surface area contributed by atoms with Crippen LogP contribution in [0.3, 0.4) is 0 Å². The minimum atomic E-state index is -3.49. The van der Waals surface area contributed by atoms with Gasteiger partial charge in [0.05, 0.1) is 10.5 Å². The van der Waals surface area contributed by atoms with Crippen LogP contribution in [0.5, 0.6) is 0 Å². The van der Waals surface area contributed by atoms with Crippen molar-refractivity contribution in [3.63, 3.8) is 0 Å². The zero-order chi connectivity index (χ0) is 15.2. The van der Waals surface area contributed by atoms with Gasteiger partial charge in [0.2, 0.25) is 10.0 Å². The summed E-state index contributed by atoms with van der Waals surface area (Å²) >= 11 is 0. The Bertz CT molecular complexity index is 510. The Morgan fingerprint density at radius 2 is 1.80 bits per heavy atom. The van der Waals surface area contributed by atoms with Gasteiger partial charge in [0.25, 0.3) is 0 Å². The lowest BCUT2D eigenvalue weighted by atomic mass is 10.1. The molecule has 6 heteroatoms. The van der Waals surface area contributed by atoms with Crippen molar-refractivity contribution in [2.24, 2.45) is 0 Å². The van der Waals surface area contributed by atoms with Crippen molar-refractivity contribution >= 4 is 10.0 Å². The fourth-order valence-corrected chi connectivity index (χ4v) is 2.68. The molecule has 0 unspecified atom stereocenters. The fourth-order valence-electron chi connectivity index (χ4n) is 1.48. The number of methoxy groups -OCH3 is 1. The maximum atomic E-state index is 12.1. The molecule has 0 bridgehead atoms. The molecule has 2 N–H and O–H groups in total. The van der Waals surface area contributed by atoms with Crippen LogP contribution in [-0.2, 0) is 21.3 Å². The van der Waals surface area contributed by atoms with Crippen LogP contribution in [-0.4, -0.2) is 34.2 Å². The summed E-state index contributed by atoms with van der Waals surface area (Å²) in [6, 6.07) is 6.88. The molecule has 0 amide bonds. The van der Waals surface area contributed by atoms with Crippen molar-refractivity contribution in [3.8, 4) is 0 Å². The van der Waals surface area contributed by atoms with E-state index in [9.17, 15) is 8.42 Å². The smallest absolute Gasteiger partial charge is 0.240 e. The zero-order valence-electron chi connectivity index (χ0n) is 12.6. The van der Waals surface area contributed by atoms with Crippen LogP contribution in [0, 0.1) is 0 Å². The fraction of sp³-hybridized carbons (Fsp3) is 0.571. The largest absolute Gasteiger partial charge is 0.377 e. The monoisotopic (exact) mass is 300 g/mol. The number of sulfonamides is 1. The van der Waals surface area contributed by atoms with E-state index in [0.29, 0.717) is 0 Å². The molecule has 0 aliphatic rings. The van der Waals surface area contributed by atoms with Crippen molar-refractivity contribution in [2.75, 3.05) is 20.2 Å². The third-order valence-electron chi connectivity index (χ3n) is 3.05. The van der Waals surface area contributed by atoms with E-state index in [0.717, 1.165) is 18.7 Å². The Hall–Kier alpha value is -0.950. The molecule has 5 nitrogen and oxygen atoms in total. The molecule has 1 aromatic carbocycles. The lowest BCUT2D eigenvalue weighted by molar-refractivity contribution is 0.0276. The van der Waals surface area contributed by atoms with Gasteiger partial charge in [-0.15, -0.1) is 0 Å². The minimum Gasteiger partial charge on any atom is -0.377 e. The van der Waals surface area contributed by atoms with E-state index < -0.39 is 15.6 Å². The van der Waals surface area contributed by atoms with E-state index in [1.807, 2.05) is 32.9 Å². The number of nitrogens with one attached hydrogen (secondary N) is 2. The second-order valence-electron chi connectivity index (χ2n) is 5.21. The summed E-state index contributed by atoms with van der Waals surface area (Å²) in [7, 11) is -1.93. The van der Waals surface area contributed by atoms with Crippen LogP contribution in [0.2, 0.25) is 0 Å². The minimum absolute atomic E-state index is 0.227. The molecule has 20 heavy (non-hydrogen) atoms. The highest BCUT2D eigenvalue weighted by Crippen LogP contribution is 2.12. The molecular weight excluding hydrogens is 276 g/mol. The van der Waals surface area contributed by atoms with Crippen LogP contribution in [0.1, 0.15) is 26.3 Å². The molecule has 0 aliphatic heterocycles. The van der Waals surface area contributed by atoms with E-state index in [4.69, 9.17) is 4.74 Å². The maximum absolute atomic E-state index is 12.1. The van der Waals surface area contributed by atoms with E-state index in [1.54, 1.807) is 19.2 Å². The lowest BCUT2D eigenvalue weighted by Gasteiger charge is -2.23. The quantitative estimate of drug-likeness (QED) is 0.763. The molecule has 0 saturated heterocycles. The number of rotatable bonds is 8. The number of hydrogen-bond acceptors (Lipinski definition) is 4. The summed E-state index contributed by atoms with van der Waals surface area (Å²) < 4.78 is 32.0. The van der Waals surface area contributed by atoms with Crippen molar-refractivity contribution in [2.45, 2.75) is 37.8 Å². The molecule has 1 rings (SSSR count). The summed E-state index contributed by atoms with van der Waals surface area (Å²) in [6.07, 6.45) is 0. The highest BCUT2D eigenvalue weighted by atomic mass is 32.2. The molecule has 0 aromatic heterocycles. The van der Waals surface area contributed by atoms with Crippen LogP contribution >= 0.6 is 0 Å². The van der Waals surface area contributed by atoms with Gasteiger partial charge in [-0.05, 0) is 38.1 Å². The summed E-state index contributed by atoms with van der Waals surface area (Å²) in [5, 5.41) is 3.19. The number of hydrogen-bond donors (Lipinski definition) is 2. The molecule has 0 aliphatic carbocycles. The summed E-state index contributed by atoms with van der Waals surface area (Å²) in [5.41, 5.74) is 0.529. The Labute approximate surface area is 121 Å². The Morgan fingerprint density at radius 1 is 1.20 bits per heavy atom. The van der Waals surface area contributed by atoms with Gasteiger partial charge >= 0.3 is 0 Å². The van der Waals surface area contributed by atoms with Crippen LogP contribution in [0.25, 0.3) is 0 Å². The summed E-state index contributed by atoms with van der Waals surface area (Å²) in [5.74, 6) is 0. The van der Waals surface area contributed by atoms with Crippen LogP contribution in [0.4, 0.5) is 0 Å². The molecule has 0 fully saturated rings. The third kappa shape index (κ3) is 5.20. The van der Waals surface area contributed by atoms with E-state index in [2.05, 4.69) is 10.0 Å². The molecule has 0 spiro atoms. The lowest BCUT2D eigenvalue weighted by Crippen LogP contribution is -2.39. The van der Waals surface area contributed by atoms with Gasteiger partial charge in [-0.1, -0.05) is 19.1 Å². The van der Waals surface area contributed by atoms with Crippen molar-refractivity contribution < 1.29 is 13.2 Å².